The van der Waals surface area contributed by atoms with Gasteiger partial charge in [-0.3, -0.25) is 9.59 Å². The van der Waals surface area contributed by atoms with E-state index in [9.17, 15) is 9.59 Å². The zero-order chi connectivity index (χ0) is 8.97. The van der Waals surface area contributed by atoms with Crippen molar-refractivity contribution in [3.05, 3.63) is 12.2 Å². The summed E-state index contributed by atoms with van der Waals surface area (Å²) in [6.07, 6.45) is 4.30. The Kier molecular flexibility index (Phi) is 2.85. The van der Waals surface area contributed by atoms with Crippen LogP contribution in [0, 0.1) is 0 Å². The fraction of sp³-hybridized carbons (Fsp3) is 0.500. The first-order chi connectivity index (χ1) is 5.70. The Morgan fingerprint density at radius 3 is 2.67 bits per heavy atom. The number of carbonyl (C=O) groups is 2. The molecule has 1 N–H and O–H groups in total. The second kappa shape index (κ2) is 3.90. The molecule has 66 valence electrons. The third-order valence-corrected chi connectivity index (χ3v) is 1.71. The molecular formula is C8H11NO3. The molecule has 0 aromatic carbocycles. The number of hydrogen-bond donors (Lipinski definition) is 1. The van der Waals surface area contributed by atoms with Gasteiger partial charge in [0.1, 0.15) is 6.42 Å². The van der Waals surface area contributed by atoms with Gasteiger partial charge in [-0.2, -0.15) is 0 Å². The summed E-state index contributed by atoms with van der Waals surface area (Å²) in [5, 5.41) is 8.35. The van der Waals surface area contributed by atoms with Crippen molar-refractivity contribution in [3.63, 3.8) is 0 Å². The van der Waals surface area contributed by atoms with Gasteiger partial charge in [0, 0.05) is 13.1 Å². The van der Waals surface area contributed by atoms with Crippen molar-refractivity contribution in [2.45, 2.75) is 12.8 Å². The van der Waals surface area contributed by atoms with Crippen LogP contribution < -0.4 is 0 Å². The first-order valence-corrected chi connectivity index (χ1v) is 3.84. The minimum absolute atomic E-state index is 0.299. The molecule has 0 spiro atoms. The van der Waals surface area contributed by atoms with Crippen LogP contribution in [0.1, 0.15) is 12.8 Å². The average molecular weight is 169 g/mol. The molecule has 0 bridgehead atoms. The Morgan fingerprint density at radius 1 is 1.42 bits per heavy atom. The number of rotatable bonds is 2. The molecule has 0 saturated carbocycles. The maximum absolute atomic E-state index is 11.1. The van der Waals surface area contributed by atoms with Crippen molar-refractivity contribution in [1.82, 2.24) is 4.90 Å². The molecule has 0 fully saturated rings. The van der Waals surface area contributed by atoms with E-state index in [0.717, 1.165) is 6.42 Å². The highest BCUT2D eigenvalue weighted by molar-refractivity contribution is 5.93. The van der Waals surface area contributed by atoms with Gasteiger partial charge in [-0.25, -0.2) is 0 Å². The van der Waals surface area contributed by atoms with Gasteiger partial charge in [-0.15, -0.1) is 0 Å². The molecule has 4 nitrogen and oxygen atoms in total. The minimum Gasteiger partial charge on any atom is -0.481 e. The topological polar surface area (TPSA) is 57.6 Å². The third kappa shape index (κ3) is 2.38. The van der Waals surface area contributed by atoms with Crippen molar-refractivity contribution < 1.29 is 14.7 Å². The Hall–Kier alpha value is -1.32. The molecule has 12 heavy (non-hydrogen) atoms. The molecule has 1 aliphatic heterocycles. The zero-order valence-corrected chi connectivity index (χ0v) is 6.69. The zero-order valence-electron chi connectivity index (χ0n) is 6.69. The van der Waals surface area contributed by atoms with E-state index >= 15 is 0 Å². The van der Waals surface area contributed by atoms with Gasteiger partial charge in [-0.1, -0.05) is 12.2 Å². The SMILES string of the molecule is O=C(O)CC(=O)N1CC=CCC1. The summed E-state index contributed by atoms with van der Waals surface area (Å²) in [6.45, 7) is 1.19. The Balaban J connectivity index is 2.41. The molecular weight excluding hydrogens is 158 g/mol. The number of hydrogen-bond acceptors (Lipinski definition) is 2. The van der Waals surface area contributed by atoms with Crippen LogP contribution in [0.2, 0.25) is 0 Å². The average Bonchev–Trinajstić information content (AvgIpc) is 2.05. The molecule has 4 heteroatoms. The van der Waals surface area contributed by atoms with E-state index in [1.165, 1.54) is 0 Å². The molecule has 1 amide bonds. The van der Waals surface area contributed by atoms with Crippen LogP contribution in [0.4, 0.5) is 0 Å². The van der Waals surface area contributed by atoms with Crippen LogP contribution in [0.15, 0.2) is 12.2 Å². The summed E-state index contributed by atoms with van der Waals surface area (Å²) in [5.41, 5.74) is 0. The largest absolute Gasteiger partial charge is 0.481 e. The molecule has 0 atom stereocenters. The summed E-state index contributed by atoms with van der Waals surface area (Å²) >= 11 is 0. The van der Waals surface area contributed by atoms with Crippen molar-refractivity contribution in [2.24, 2.45) is 0 Å². The first-order valence-electron chi connectivity index (χ1n) is 3.84. The molecule has 1 heterocycles. The lowest BCUT2D eigenvalue weighted by Crippen LogP contribution is -2.34. The van der Waals surface area contributed by atoms with E-state index in [-0.39, 0.29) is 5.91 Å². The van der Waals surface area contributed by atoms with Crippen LogP contribution in [0.25, 0.3) is 0 Å². The third-order valence-electron chi connectivity index (χ3n) is 1.71. The van der Waals surface area contributed by atoms with Gasteiger partial charge >= 0.3 is 5.97 Å². The van der Waals surface area contributed by atoms with Crippen molar-refractivity contribution in [1.29, 1.82) is 0 Å². The lowest BCUT2D eigenvalue weighted by molar-refractivity contribution is -0.144. The maximum Gasteiger partial charge on any atom is 0.312 e. The molecule has 0 radical (unpaired) electrons. The minimum atomic E-state index is -1.06. The number of nitrogens with zero attached hydrogens (tertiary/aromatic N) is 1. The Bertz CT molecular complexity index is 222. The Labute approximate surface area is 70.5 Å². The first kappa shape index (κ1) is 8.77. The summed E-state index contributed by atoms with van der Waals surface area (Å²) in [5.74, 6) is -1.36. The second-order valence-corrected chi connectivity index (χ2v) is 2.67. The molecule has 0 aromatic rings. The van der Waals surface area contributed by atoms with Crippen LogP contribution in [0.3, 0.4) is 0 Å². The summed E-state index contributed by atoms with van der Waals surface area (Å²) < 4.78 is 0. The summed E-state index contributed by atoms with van der Waals surface area (Å²) in [7, 11) is 0. The van der Waals surface area contributed by atoms with E-state index in [1.54, 1.807) is 4.90 Å². The monoisotopic (exact) mass is 169 g/mol. The second-order valence-electron chi connectivity index (χ2n) is 2.67. The van der Waals surface area contributed by atoms with Crippen LogP contribution >= 0.6 is 0 Å². The number of amides is 1. The lowest BCUT2D eigenvalue weighted by Gasteiger charge is -2.22. The molecule has 0 saturated heterocycles. The van der Waals surface area contributed by atoms with Gasteiger partial charge in [-0.05, 0) is 6.42 Å². The highest BCUT2D eigenvalue weighted by Gasteiger charge is 2.16. The maximum atomic E-state index is 11.1. The molecule has 1 rings (SSSR count). The smallest absolute Gasteiger partial charge is 0.312 e. The predicted octanol–water partition coefficient (Wildman–Crippen LogP) is 0.250. The Morgan fingerprint density at radius 2 is 2.17 bits per heavy atom. The van der Waals surface area contributed by atoms with Gasteiger partial charge in [0.2, 0.25) is 5.91 Å². The van der Waals surface area contributed by atoms with E-state index < -0.39 is 12.4 Å². The van der Waals surface area contributed by atoms with Gasteiger partial charge in [0.15, 0.2) is 0 Å². The molecule has 0 aromatic heterocycles. The lowest BCUT2D eigenvalue weighted by atomic mass is 10.2. The van der Waals surface area contributed by atoms with E-state index in [1.807, 2.05) is 12.2 Å². The fourth-order valence-corrected chi connectivity index (χ4v) is 1.11. The highest BCUT2D eigenvalue weighted by atomic mass is 16.4. The van der Waals surface area contributed by atoms with Crippen LogP contribution in [0.5, 0.6) is 0 Å². The number of carbonyl (C=O) groups excluding carboxylic acids is 1. The van der Waals surface area contributed by atoms with Gasteiger partial charge in [0.05, 0.1) is 0 Å². The standard InChI is InChI=1S/C8H11NO3/c10-7(6-8(11)12)9-4-2-1-3-5-9/h1-2H,3-6H2,(H,11,12). The molecule has 1 aliphatic rings. The fourth-order valence-electron chi connectivity index (χ4n) is 1.11. The van der Waals surface area contributed by atoms with Crippen molar-refractivity contribution >= 4 is 11.9 Å². The van der Waals surface area contributed by atoms with E-state index in [0.29, 0.717) is 13.1 Å². The van der Waals surface area contributed by atoms with Crippen molar-refractivity contribution in [3.8, 4) is 0 Å². The summed E-state index contributed by atoms with van der Waals surface area (Å²) in [6, 6.07) is 0. The summed E-state index contributed by atoms with van der Waals surface area (Å²) in [4.78, 5) is 22.9. The van der Waals surface area contributed by atoms with Gasteiger partial charge in [0.25, 0.3) is 0 Å². The molecule has 0 unspecified atom stereocenters. The van der Waals surface area contributed by atoms with E-state index in [2.05, 4.69) is 0 Å². The number of carboxylic acid groups (broad SMARTS) is 1. The normalized spacial score (nSPS) is 16.2. The van der Waals surface area contributed by atoms with Gasteiger partial charge < -0.3 is 10.0 Å². The number of carboxylic acids is 1. The number of aliphatic carboxylic acids is 1. The van der Waals surface area contributed by atoms with Crippen molar-refractivity contribution in [2.75, 3.05) is 13.1 Å². The molecule has 0 aliphatic carbocycles. The van der Waals surface area contributed by atoms with E-state index in [4.69, 9.17) is 5.11 Å². The quantitative estimate of drug-likeness (QED) is 0.476. The predicted molar refractivity (Wildman–Crippen MR) is 42.6 cm³/mol. The van der Waals surface area contributed by atoms with Crippen LogP contribution in [-0.4, -0.2) is 35.0 Å². The highest BCUT2D eigenvalue weighted by Crippen LogP contribution is 2.02. The van der Waals surface area contributed by atoms with Crippen LogP contribution in [-0.2, 0) is 9.59 Å².